The van der Waals surface area contributed by atoms with E-state index in [1.54, 1.807) is 0 Å². The Morgan fingerprint density at radius 1 is 1.39 bits per heavy atom. The summed E-state index contributed by atoms with van der Waals surface area (Å²) in [4.78, 5) is 16.5. The number of carbonyl (C=O) groups is 1. The highest BCUT2D eigenvalue weighted by atomic mass is 16.3. The molecule has 0 bridgehead atoms. The lowest BCUT2D eigenvalue weighted by atomic mass is 10.1. The third kappa shape index (κ3) is 2.99. The predicted molar refractivity (Wildman–Crippen MR) is 87.0 cm³/mol. The fourth-order valence-corrected chi connectivity index (χ4v) is 3.18. The SMILES string of the molecule is O=C(CCc1cc2ccccc2o1)NC1CCc2nccn2C1. The van der Waals surface area contributed by atoms with E-state index in [2.05, 4.69) is 14.9 Å². The Hall–Kier alpha value is -2.56. The van der Waals surface area contributed by atoms with Crippen molar-refractivity contribution >= 4 is 16.9 Å². The van der Waals surface area contributed by atoms with Crippen molar-refractivity contribution in [2.75, 3.05) is 0 Å². The molecule has 118 valence electrons. The Bertz CT molecular complexity index is 801. The predicted octanol–water partition coefficient (Wildman–Crippen LogP) is 2.69. The fraction of sp³-hybridized carbons (Fsp3) is 0.333. The molecule has 1 amide bonds. The molecule has 1 unspecified atom stereocenters. The number of furan rings is 1. The molecule has 0 radical (unpaired) electrons. The van der Waals surface area contributed by atoms with Crippen LogP contribution in [0.5, 0.6) is 0 Å². The molecule has 0 aliphatic carbocycles. The topological polar surface area (TPSA) is 60.1 Å². The molecular weight excluding hydrogens is 290 g/mol. The molecule has 0 saturated heterocycles. The van der Waals surface area contributed by atoms with Crippen LogP contribution in [0.1, 0.15) is 24.4 Å². The van der Waals surface area contributed by atoms with Gasteiger partial charge in [-0.3, -0.25) is 4.79 Å². The van der Waals surface area contributed by atoms with E-state index in [9.17, 15) is 4.79 Å². The van der Waals surface area contributed by atoms with Gasteiger partial charge in [0.15, 0.2) is 0 Å². The van der Waals surface area contributed by atoms with Crippen molar-refractivity contribution in [1.82, 2.24) is 14.9 Å². The molecule has 2 aromatic heterocycles. The normalized spacial score (nSPS) is 17.1. The van der Waals surface area contributed by atoms with Crippen LogP contribution in [-0.4, -0.2) is 21.5 Å². The standard InChI is InChI=1S/C18H19N3O2/c22-18(20-14-5-7-17-19-9-10-21(17)12-14)8-6-15-11-13-3-1-2-4-16(13)23-15/h1-4,9-11,14H,5-8,12H2,(H,20,22). The van der Waals surface area contributed by atoms with Gasteiger partial charge in [0.25, 0.3) is 0 Å². The molecule has 0 spiro atoms. The van der Waals surface area contributed by atoms with E-state index >= 15 is 0 Å². The van der Waals surface area contributed by atoms with E-state index in [4.69, 9.17) is 4.42 Å². The number of hydrogen-bond donors (Lipinski definition) is 1. The zero-order valence-corrected chi connectivity index (χ0v) is 12.9. The molecule has 1 aromatic carbocycles. The van der Waals surface area contributed by atoms with Crippen molar-refractivity contribution in [3.63, 3.8) is 0 Å². The van der Waals surface area contributed by atoms with Gasteiger partial charge in [-0.1, -0.05) is 18.2 Å². The summed E-state index contributed by atoms with van der Waals surface area (Å²) in [6.07, 6.45) is 6.74. The largest absolute Gasteiger partial charge is 0.461 e. The number of nitrogens with zero attached hydrogens (tertiary/aromatic N) is 2. The number of aryl methyl sites for hydroxylation is 2. The fourth-order valence-electron chi connectivity index (χ4n) is 3.18. The first-order chi connectivity index (χ1) is 11.3. The number of carbonyl (C=O) groups excluding carboxylic acids is 1. The summed E-state index contributed by atoms with van der Waals surface area (Å²) in [6.45, 7) is 0.811. The maximum absolute atomic E-state index is 12.2. The molecule has 5 nitrogen and oxygen atoms in total. The molecule has 0 fully saturated rings. The number of amides is 1. The van der Waals surface area contributed by atoms with Gasteiger partial charge in [0.1, 0.15) is 17.2 Å². The summed E-state index contributed by atoms with van der Waals surface area (Å²) in [6, 6.07) is 10.1. The minimum absolute atomic E-state index is 0.0824. The smallest absolute Gasteiger partial charge is 0.220 e. The van der Waals surface area contributed by atoms with E-state index < -0.39 is 0 Å². The van der Waals surface area contributed by atoms with Gasteiger partial charge in [0.05, 0.1) is 0 Å². The number of nitrogens with one attached hydrogen (secondary N) is 1. The summed E-state index contributed by atoms with van der Waals surface area (Å²) in [5, 5.41) is 4.21. The zero-order chi connectivity index (χ0) is 15.6. The van der Waals surface area contributed by atoms with Crippen molar-refractivity contribution in [3.05, 3.63) is 54.3 Å². The lowest BCUT2D eigenvalue weighted by Gasteiger charge is -2.24. The summed E-state index contributed by atoms with van der Waals surface area (Å²) < 4.78 is 7.87. The Labute approximate surface area is 134 Å². The number of rotatable bonds is 4. The summed E-state index contributed by atoms with van der Waals surface area (Å²) in [5.41, 5.74) is 0.878. The molecule has 3 heterocycles. The van der Waals surface area contributed by atoms with E-state index in [1.807, 2.05) is 42.7 Å². The average molecular weight is 309 g/mol. The van der Waals surface area contributed by atoms with Gasteiger partial charge >= 0.3 is 0 Å². The first kappa shape index (κ1) is 14.1. The highest BCUT2D eigenvalue weighted by molar-refractivity contribution is 5.79. The summed E-state index contributed by atoms with van der Waals surface area (Å²) >= 11 is 0. The van der Waals surface area contributed by atoms with E-state index in [0.29, 0.717) is 12.8 Å². The molecule has 3 aromatic rings. The van der Waals surface area contributed by atoms with Crippen molar-refractivity contribution < 1.29 is 9.21 Å². The molecule has 1 aliphatic heterocycles. The van der Waals surface area contributed by atoms with Gasteiger partial charge in [-0.2, -0.15) is 0 Å². The maximum atomic E-state index is 12.2. The van der Waals surface area contributed by atoms with Crippen molar-refractivity contribution in [1.29, 1.82) is 0 Å². The third-order valence-corrected chi connectivity index (χ3v) is 4.38. The first-order valence-electron chi connectivity index (χ1n) is 8.05. The number of para-hydroxylation sites is 1. The van der Waals surface area contributed by atoms with Crippen LogP contribution in [0.25, 0.3) is 11.0 Å². The summed E-state index contributed by atoms with van der Waals surface area (Å²) in [5.74, 6) is 2.05. The molecule has 23 heavy (non-hydrogen) atoms. The molecule has 4 rings (SSSR count). The highest BCUT2D eigenvalue weighted by Crippen LogP contribution is 2.20. The monoisotopic (exact) mass is 309 g/mol. The molecule has 1 atom stereocenters. The van der Waals surface area contributed by atoms with E-state index in [-0.39, 0.29) is 11.9 Å². The lowest BCUT2D eigenvalue weighted by Crippen LogP contribution is -2.40. The summed E-state index contributed by atoms with van der Waals surface area (Å²) in [7, 11) is 0. The van der Waals surface area contributed by atoms with Crippen molar-refractivity contribution in [2.24, 2.45) is 0 Å². The van der Waals surface area contributed by atoms with Crippen LogP contribution in [0.2, 0.25) is 0 Å². The Balaban J connectivity index is 1.32. The lowest BCUT2D eigenvalue weighted by molar-refractivity contribution is -0.122. The van der Waals surface area contributed by atoms with Gasteiger partial charge < -0.3 is 14.3 Å². The quantitative estimate of drug-likeness (QED) is 0.806. The first-order valence-corrected chi connectivity index (χ1v) is 8.05. The van der Waals surface area contributed by atoms with Gasteiger partial charge in [-0.15, -0.1) is 0 Å². The van der Waals surface area contributed by atoms with Crippen LogP contribution in [0.15, 0.2) is 47.1 Å². The zero-order valence-electron chi connectivity index (χ0n) is 12.9. The second-order valence-corrected chi connectivity index (χ2v) is 6.05. The van der Waals surface area contributed by atoms with Crippen molar-refractivity contribution in [3.8, 4) is 0 Å². The number of fused-ring (bicyclic) bond motifs is 2. The number of hydrogen-bond acceptors (Lipinski definition) is 3. The Morgan fingerprint density at radius 2 is 2.30 bits per heavy atom. The minimum atomic E-state index is 0.0824. The van der Waals surface area contributed by atoms with E-state index in [0.717, 1.165) is 41.9 Å². The van der Waals surface area contributed by atoms with Crippen LogP contribution < -0.4 is 5.32 Å². The minimum Gasteiger partial charge on any atom is -0.461 e. The maximum Gasteiger partial charge on any atom is 0.220 e. The number of imidazole rings is 1. The molecule has 0 saturated carbocycles. The van der Waals surface area contributed by atoms with Crippen LogP contribution >= 0.6 is 0 Å². The van der Waals surface area contributed by atoms with Crippen molar-refractivity contribution in [2.45, 2.75) is 38.3 Å². The molecule has 1 aliphatic rings. The van der Waals surface area contributed by atoms with Gasteiger partial charge in [-0.05, 0) is 18.6 Å². The Morgan fingerprint density at radius 3 is 3.22 bits per heavy atom. The second kappa shape index (κ2) is 5.91. The van der Waals surface area contributed by atoms with Crippen LogP contribution in [0.4, 0.5) is 0 Å². The number of aromatic nitrogens is 2. The molecule has 5 heteroatoms. The van der Waals surface area contributed by atoms with Gasteiger partial charge in [0, 0.05) is 49.6 Å². The van der Waals surface area contributed by atoms with Gasteiger partial charge in [-0.25, -0.2) is 4.98 Å². The van der Waals surface area contributed by atoms with Crippen LogP contribution in [0, 0.1) is 0 Å². The molecular formula is C18H19N3O2. The Kier molecular flexibility index (Phi) is 3.61. The van der Waals surface area contributed by atoms with E-state index in [1.165, 1.54) is 0 Å². The van der Waals surface area contributed by atoms with Gasteiger partial charge in [0.2, 0.25) is 5.91 Å². The van der Waals surface area contributed by atoms with Crippen LogP contribution in [-0.2, 0) is 24.2 Å². The number of benzene rings is 1. The van der Waals surface area contributed by atoms with Crippen LogP contribution in [0.3, 0.4) is 0 Å². The molecule has 1 N–H and O–H groups in total. The third-order valence-electron chi connectivity index (χ3n) is 4.38. The highest BCUT2D eigenvalue weighted by Gasteiger charge is 2.20. The second-order valence-electron chi connectivity index (χ2n) is 6.05. The average Bonchev–Trinajstić information content (AvgIpc) is 3.18.